The largest absolute Gasteiger partial charge is 0.448 e. The van der Waals surface area contributed by atoms with Gasteiger partial charge in [0.15, 0.2) is 12.1 Å². The molecule has 4 rings (SSSR count). The first-order valence-corrected chi connectivity index (χ1v) is 9.18. The van der Waals surface area contributed by atoms with Crippen LogP contribution in [0.3, 0.4) is 0 Å². The zero-order valence-electron chi connectivity index (χ0n) is 15.1. The van der Waals surface area contributed by atoms with Gasteiger partial charge in [0.05, 0.1) is 6.20 Å². The average molecular weight is 368 g/mol. The summed E-state index contributed by atoms with van der Waals surface area (Å²) in [6.45, 7) is 3.23. The Morgan fingerprint density at radius 3 is 2.96 bits per heavy atom. The summed E-state index contributed by atoms with van der Waals surface area (Å²) in [5, 5.41) is 7.28. The summed E-state index contributed by atoms with van der Waals surface area (Å²) in [7, 11) is 0. The normalized spacial score (nSPS) is 17.3. The zero-order chi connectivity index (χ0) is 18.8. The first kappa shape index (κ1) is 17.5. The van der Waals surface area contributed by atoms with Crippen LogP contribution < -0.4 is 0 Å². The Labute approximate surface area is 156 Å². The van der Waals surface area contributed by atoms with E-state index in [2.05, 4.69) is 15.2 Å². The molecule has 1 fully saturated rings. The number of hydrogen-bond acceptors (Lipinski definition) is 4. The second-order valence-corrected chi connectivity index (χ2v) is 6.77. The van der Waals surface area contributed by atoms with Crippen molar-refractivity contribution in [3.05, 3.63) is 59.8 Å². The van der Waals surface area contributed by atoms with E-state index in [0.29, 0.717) is 31.0 Å². The molecule has 27 heavy (non-hydrogen) atoms. The number of rotatable bonds is 4. The second kappa shape index (κ2) is 7.34. The summed E-state index contributed by atoms with van der Waals surface area (Å²) in [5.74, 6) is 0.406. The summed E-state index contributed by atoms with van der Waals surface area (Å²) in [4.78, 5) is 18.8. The van der Waals surface area contributed by atoms with Crippen molar-refractivity contribution in [1.82, 2.24) is 20.1 Å². The number of oxazole rings is 1. The predicted octanol–water partition coefficient (Wildman–Crippen LogP) is 3.79. The molecular weight excluding hydrogens is 347 g/mol. The van der Waals surface area contributed by atoms with Gasteiger partial charge in [0.25, 0.3) is 5.91 Å². The minimum Gasteiger partial charge on any atom is -0.448 e. The van der Waals surface area contributed by atoms with Gasteiger partial charge in [-0.2, -0.15) is 5.10 Å². The van der Waals surface area contributed by atoms with Gasteiger partial charge in [0.1, 0.15) is 11.6 Å². The predicted molar refractivity (Wildman–Crippen MR) is 97.7 cm³/mol. The number of piperidine rings is 1. The highest BCUT2D eigenvalue weighted by atomic mass is 19.1. The Balaban J connectivity index is 1.57. The number of benzene rings is 1. The number of aromatic nitrogens is 3. The summed E-state index contributed by atoms with van der Waals surface area (Å²) >= 11 is 0. The molecule has 1 aromatic carbocycles. The topological polar surface area (TPSA) is 75.0 Å². The molecule has 1 N–H and O–H groups in total. The first-order valence-electron chi connectivity index (χ1n) is 9.18. The molecule has 1 amide bonds. The number of amides is 1. The molecule has 1 aliphatic heterocycles. The van der Waals surface area contributed by atoms with Gasteiger partial charge in [-0.25, -0.2) is 9.37 Å². The minimum atomic E-state index is -0.266. The van der Waals surface area contributed by atoms with Gasteiger partial charge in [-0.15, -0.1) is 0 Å². The lowest BCUT2D eigenvalue weighted by molar-refractivity contribution is 0.0698. The Bertz CT molecular complexity index is 932. The van der Waals surface area contributed by atoms with Crippen LogP contribution in [0, 0.1) is 5.82 Å². The molecule has 0 bridgehead atoms. The number of aromatic amines is 1. The Morgan fingerprint density at radius 2 is 2.19 bits per heavy atom. The average Bonchev–Trinajstić information content (AvgIpc) is 3.37. The number of halogens is 1. The van der Waals surface area contributed by atoms with Crippen LogP contribution in [0.4, 0.5) is 4.39 Å². The highest BCUT2D eigenvalue weighted by Crippen LogP contribution is 2.33. The van der Waals surface area contributed by atoms with Crippen LogP contribution >= 0.6 is 0 Å². The summed E-state index contributed by atoms with van der Waals surface area (Å²) in [6, 6.07) is 6.38. The minimum absolute atomic E-state index is 0.0897. The van der Waals surface area contributed by atoms with Crippen LogP contribution in [-0.2, 0) is 6.42 Å². The molecule has 0 spiro atoms. The molecule has 0 saturated carbocycles. The maximum atomic E-state index is 13.2. The first-order chi connectivity index (χ1) is 13.2. The van der Waals surface area contributed by atoms with E-state index in [0.717, 1.165) is 29.7 Å². The number of H-pyrrole nitrogens is 1. The monoisotopic (exact) mass is 368 g/mol. The van der Waals surface area contributed by atoms with Crippen LogP contribution in [0.1, 0.15) is 47.6 Å². The van der Waals surface area contributed by atoms with Crippen molar-refractivity contribution in [2.75, 3.05) is 13.1 Å². The van der Waals surface area contributed by atoms with Crippen molar-refractivity contribution in [1.29, 1.82) is 0 Å². The lowest BCUT2D eigenvalue weighted by atomic mass is 9.90. The number of aryl methyl sites for hydroxylation is 1. The van der Waals surface area contributed by atoms with E-state index in [1.807, 2.05) is 11.8 Å². The SMILES string of the molecule is CCc1ocnc1C(=O)N1CCCC(c2[nH]ncc2-c2ccc(F)cc2)C1. The maximum absolute atomic E-state index is 13.2. The van der Waals surface area contributed by atoms with E-state index in [4.69, 9.17) is 4.42 Å². The Hall–Kier alpha value is -2.96. The number of likely N-dealkylation sites (tertiary alicyclic amines) is 1. The molecule has 3 aromatic rings. The number of carbonyl (C=O) groups excluding carboxylic acids is 1. The lowest BCUT2D eigenvalue weighted by Crippen LogP contribution is -2.39. The highest BCUT2D eigenvalue weighted by Gasteiger charge is 2.30. The molecule has 0 aliphatic carbocycles. The van der Waals surface area contributed by atoms with E-state index < -0.39 is 0 Å². The molecule has 1 unspecified atom stereocenters. The van der Waals surface area contributed by atoms with Gasteiger partial charge in [-0.1, -0.05) is 19.1 Å². The van der Waals surface area contributed by atoms with Gasteiger partial charge in [0, 0.05) is 36.7 Å². The van der Waals surface area contributed by atoms with Crippen molar-refractivity contribution < 1.29 is 13.6 Å². The summed E-state index contributed by atoms with van der Waals surface area (Å²) in [6.07, 6.45) is 5.58. The number of carbonyl (C=O) groups is 1. The molecule has 3 heterocycles. The summed E-state index contributed by atoms with van der Waals surface area (Å²) in [5.41, 5.74) is 3.25. The molecule has 6 nitrogen and oxygen atoms in total. The van der Waals surface area contributed by atoms with Gasteiger partial charge in [-0.3, -0.25) is 9.89 Å². The molecule has 2 aromatic heterocycles. The van der Waals surface area contributed by atoms with Crippen LogP contribution in [0.5, 0.6) is 0 Å². The standard InChI is InChI=1S/C20H21FN4O2/c1-2-17-19(22-12-27-17)20(26)25-9-3-4-14(11-25)18-16(10-23-24-18)13-5-7-15(21)8-6-13/h5-8,10,12,14H,2-4,9,11H2,1H3,(H,23,24). The fraction of sp³-hybridized carbons (Fsp3) is 0.350. The quantitative estimate of drug-likeness (QED) is 0.760. The second-order valence-electron chi connectivity index (χ2n) is 6.77. The van der Waals surface area contributed by atoms with Gasteiger partial charge in [-0.05, 0) is 30.5 Å². The molecule has 140 valence electrons. The molecule has 0 radical (unpaired) electrons. The Kier molecular flexibility index (Phi) is 4.75. The van der Waals surface area contributed by atoms with Crippen molar-refractivity contribution in [3.8, 4) is 11.1 Å². The van der Waals surface area contributed by atoms with E-state index in [1.165, 1.54) is 18.5 Å². The fourth-order valence-corrected chi connectivity index (χ4v) is 3.71. The van der Waals surface area contributed by atoms with Crippen LogP contribution in [0.15, 0.2) is 41.3 Å². The lowest BCUT2D eigenvalue weighted by Gasteiger charge is -2.32. The number of nitrogens with one attached hydrogen (secondary N) is 1. The van der Waals surface area contributed by atoms with E-state index >= 15 is 0 Å². The molecular formula is C20H21FN4O2. The third kappa shape index (κ3) is 3.37. The summed E-state index contributed by atoms with van der Waals surface area (Å²) < 4.78 is 18.5. The van der Waals surface area contributed by atoms with Crippen molar-refractivity contribution >= 4 is 5.91 Å². The smallest absolute Gasteiger partial charge is 0.276 e. The van der Waals surface area contributed by atoms with Crippen molar-refractivity contribution in [2.45, 2.75) is 32.1 Å². The molecule has 1 saturated heterocycles. The number of hydrogen-bond donors (Lipinski definition) is 1. The molecule has 7 heteroatoms. The van der Waals surface area contributed by atoms with Gasteiger partial charge >= 0.3 is 0 Å². The van der Waals surface area contributed by atoms with Crippen LogP contribution in [0.2, 0.25) is 0 Å². The van der Waals surface area contributed by atoms with Crippen LogP contribution in [0.25, 0.3) is 11.1 Å². The van der Waals surface area contributed by atoms with E-state index in [1.54, 1.807) is 18.3 Å². The van der Waals surface area contributed by atoms with Crippen molar-refractivity contribution in [2.24, 2.45) is 0 Å². The third-order valence-electron chi connectivity index (χ3n) is 5.11. The zero-order valence-corrected chi connectivity index (χ0v) is 15.1. The van der Waals surface area contributed by atoms with Gasteiger partial charge < -0.3 is 9.32 Å². The maximum Gasteiger partial charge on any atom is 0.276 e. The van der Waals surface area contributed by atoms with Crippen LogP contribution in [-0.4, -0.2) is 39.1 Å². The third-order valence-corrected chi connectivity index (χ3v) is 5.11. The number of nitrogens with zero attached hydrogens (tertiary/aromatic N) is 3. The Morgan fingerprint density at radius 1 is 1.37 bits per heavy atom. The van der Waals surface area contributed by atoms with E-state index in [-0.39, 0.29) is 17.6 Å². The van der Waals surface area contributed by atoms with E-state index in [9.17, 15) is 9.18 Å². The van der Waals surface area contributed by atoms with Crippen molar-refractivity contribution in [3.63, 3.8) is 0 Å². The fourth-order valence-electron chi connectivity index (χ4n) is 3.71. The molecule has 1 aliphatic rings. The molecule has 1 atom stereocenters. The van der Waals surface area contributed by atoms with Gasteiger partial charge in [0.2, 0.25) is 0 Å². The highest BCUT2D eigenvalue weighted by molar-refractivity contribution is 5.93.